The molecule has 98 valence electrons. The lowest BCUT2D eigenvalue weighted by Gasteiger charge is -2.17. The van der Waals surface area contributed by atoms with Crippen LogP contribution in [0.1, 0.15) is 17.5 Å². The Bertz CT molecular complexity index is 567. The number of benzene rings is 1. The van der Waals surface area contributed by atoms with Crippen molar-refractivity contribution >= 4 is 15.9 Å². The van der Waals surface area contributed by atoms with Gasteiger partial charge in [0.05, 0.1) is 10.6 Å². The zero-order valence-corrected chi connectivity index (χ0v) is 10.8. The van der Waals surface area contributed by atoms with Crippen LogP contribution < -0.4 is 11.1 Å². The van der Waals surface area contributed by atoms with Crippen molar-refractivity contribution in [2.75, 3.05) is 12.3 Å². The fourth-order valence-electron chi connectivity index (χ4n) is 2.18. The third-order valence-electron chi connectivity index (χ3n) is 3.03. The van der Waals surface area contributed by atoms with E-state index in [1.165, 1.54) is 0 Å². The second-order valence-corrected chi connectivity index (χ2v) is 6.48. The topological polar surface area (TPSA) is 89.3 Å². The van der Waals surface area contributed by atoms with Crippen LogP contribution in [0.5, 0.6) is 0 Å². The molecule has 18 heavy (non-hydrogen) atoms. The minimum atomic E-state index is -3.08. The molecule has 2 rings (SSSR count). The Labute approximate surface area is 106 Å². The summed E-state index contributed by atoms with van der Waals surface area (Å²) in [5, 5.41) is 2.51. The van der Waals surface area contributed by atoms with E-state index in [2.05, 4.69) is 5.32 Å². The summed E-state index contributed by atoms with van der Waals surface area (Å²) in [6.07, 6.45) is 2.13. The largest absolute Gasteiger partial charge is 0.352 e. The van der Waals surface area contributed by atoms with Gasteiger partial charge in [-0.2, -0.15) is 0 Å². The number of aryl methyl sites for hydroxylation is 1. The summed E-state index contributed by atoms with van der Waals surface area (Å²) in [5.74, 6) is 0.239. The summed E-state index contributed by atoms with van der Waals surface area (Å²) < 4.78 is 23.6. The fraction of sp³-hybridized carbons (Fsp3) is 0.417. The van der Waals surface area contributed by atoms with Gasteiger partial charge in [-0.1, -0.05) is 12.1 Å². The Hall–Kier alpha value is -1.56. The minimum Gasteiger partial charge on any atom is -0.352 e. The van der Waals surface area contributed by atoms with Gasteiger partial charge in [-0.3, -0.25) is 0 Å². The molecule has 0 saturated heterocycles. The molecule has 2 amide bonds. The molecule has 1 aromatic carbocycles. The van der Waals surface area contributed by atoms with Crippen molar-refractivity contribution < 1.29 is 13.2 Å². The molecular formula is C12H16N2O3S. The van der Waals surface area contributed by atoms with E-state index in [0.717, 1.165) is 17.5 Å². The first-order valence-electron chi connectivity index (χ1n) is 5.87. The van der Waals surface area contributed by atoms with Gasteiger partial charge in [0.25, 0.3) is 0 Å². The summed E-state index contributed by atoms with van der Waals surface area (Å²) in [6, 6.07) is 4.83. The number of fused-ring (bicyclic) bond motifs is 1. The van der Waals surface area contributed by atoms with Gasteiger partial charge in [-0.15, -0.1) is 0 Å². The highest BCUT2D eigenvalue weighted by Crippen LogP contribution is 2.25. The van der Waals surface area contributed by atoms with E-state index >= 15 is 0 Å². The van der Waals surface area contributed by atoms with E-state index < -0.39 is 15.9 Å². The van der Waals surface area contributed by atoms with Gasteiger partial charge in [0.2, 0.25) is 0 Å². The Balaban J connectivity index is 2.15. The maximum absolute atomic E-state index is 11.8. The molecule has 6 heteroatoms. The van der Waals surface area contributed by atoms with Crippen molar-refractivity contribution in [3.63, 3.8) is 0 Å². The minimum absolute atomic E-state index is 0.239. The fourth-order valence-corrected chi connectivity index (χ4v) is 3.76. The Morgan fingerprint density at radius 1 is 1.39 bits per heavy atom. The summed E-state index contributed by atoms with van der Waals surface area (Å²) in [6.45, 7) is 0.459. The van der Waals surface area contributed by atoms with E-state index in [-0.39, 0.29) is 5.75 Å². The molecule has 0 unspecified atom stereocenters. The van der Waals surface area contributed by atoms with Crippen LogP contribution in [-0.4, -0.2) is 26.7 Å². The summed E-state index contributed by atoms with van der Waals surface area (Å²) in [4.78, 5) is 11.0. The van der Waals surface area contributed by atoms with Gasteiger partial charge in [0, 0.05) is 6.54 Å². The lowest BCUT2D eigenvalue weighted by Crippen LogP contribution is -2.31. The average molecular weight is 268 g/mol. The van der Waals surface area contributed by atoms with Crippen LogP contribution in [0.2, 0.25) is 0 Å². The number of rotatable bonds is 3. The molecule has 0 fully saturated rings. The lowest BCUT2D eigenvalue weighted by molar-refractivity contribution is 0.249. The van der Waals surface area contributed by atoms with E-state index in [0.29, 0.717) is 24.3 Å². The van der Waals surface area contributed by atoms with Crippen LogP contribution in [-0.2, 0) is 22.7 Å². The number of hydrogen-bond acceptors (Lipinski definition) is 3. The van der Waals surface area contributed by atoms with Crippen LogP contribution in [0.3, 0.4) is 0 Å². The zero-order valence-electron chi connectivity index (χ0n) is 9.98. The number of sulfone groups is 1. The average Bonchev–Trinajstić information content (AvgIpc) is 2.27. The maximum atomic E-state index is 11.8. The number of hydrogen-bond donors (Lipinski definition) is 2. The second-order valence-electron chi connectivity index (χ2n) is 4.41. The number of amides is 2. The van der Waals surface area contributed by atoms with Crippen LogP contribution in [0.15, 0.2) is 23.1 Å². The predicted molar refractivity (Wildman–Crippen MR) is 68.1 cm³/mol. The number of urea groups is 1. The molecule has 0 bridgehead atoms. The Morgan fingerprint density at radius 3 is 2.89 bits per heavy atom. The zero-order chi connectivity index (χ0) is 13.2. The molecule has 1 aromatic rings. The standard InChI is InChI=1S/C12H16N2O3S/c13-12(15)14-6-5-9-3-4-11-10(8-9)2-1-7-18(11,16)17/h3-4,8H,1-2,5-7H2,(H3,13,14,15). The number of nitrogens with one attached hydrogen (secondary N) is 1. The van der Waals surface area contributed by atoms with Crippen molar-refractivity contribution in [3.05, 3.63) is 29.3 Å². The van der Waals surface area contributed by atoms with Crippen molar-refractivity contribution in [1.82, 2.24) is 5.32 Å². The first kappa shape index (κ1) is 12.9. The number of carbonyl (C=O) groups excluding carboxylic acids is 1. The Kier molecular flexibility index (Phi) is 3.56. The lowest BCUT2D eigenvalue weighted by atomic mass is 10.0. The van der Waals surface area contributed by atoms with Crippen molar-refractivity contribution in [2.24, 2.45) is 5.73 Å². The van der Waals surface area contributed by atoms with Crippen molar-refractivity contribution in [2.45, 2.75) is 24.2 Å². The molecule has 1 aliphatic rings. The molecule has 0 atom stereocenters. The molecule has 0 aromatic heterocycles. The molecule has 1 heterocycles. The highest BCUT2D eigenvalue weighted by Gasteiger charge is 2.23. The van der Waals surface area contributed by atoms with Gasteiger partial charge in [-0.05, 0) is 36.5 Å². The molecule has 0 saturated carbocycles. The van der Waals surface area contributed by atoms with Crippen molar-refractivity contribution in [3.8, 4) is 0 Å². The number of nitrogens with two attached hydrogens (primary N) is 1. The van der Waals surface area contributed by atoms with Crippen LogP contribution in [0.25, 0.3) is 0 Å². The smallest absolute Gasteiger partial charge is 0.312 e. The number of carbonyl (C=O) groups is 1. The monoisotopic (exact) mass is 268 g/mol. The molecule has 1 aliphatic heterocycles. The quantitative estimate of drug-likeness (QED) is 0.842. The van der Waals surface area contributed by atoms with E-state index in [1.54, 1.807) is 12.1 Å². The maximum Gasteiger partial charge on any atom is 0.312 e. The second kappa shape index (κ2) is 4.97. The van der Waals surface area contributed by atoms with Gasteiger partial charge in [0.15, 0.2) is 9.84 Å². The van der Waals surface area contributed by atoms with E-state index in [9.17, 15) is 13.2 Å². The van der Waals surface area contributed by atoms with E-state index in [1.807, 2.05) is 6.07 Å². The van der Waals surface area contributed by atoms with Gasteiger partial charge < -0.3 is 11.1 Å². The third-order valence-corrected chi connectivity index (χ3v) is 4.93. The summed E-state index contributed by atoms with van der Waals surface area (Å²) in [7, 11) is -3.08. The summed E-state index contributed by atoms with van der Waals surface area (Å²) >= 11 is 0. The molecule has 0 spiro atoms. The number of primary amides is 1. The van der Waals surface area contributed by atoms with Gasteiger partial charge in [-0.25, -0.2) is 13.2 Å². The normalized spacial score (nSPS) is 16.9. The first-order chi connectivity index (χ1) is 8.49. The first-order valence-corrected chi connectivity index (χ1v) is 7.52. The van der Waals surface area contributed by atoms with Gasteiger partial charge in [0.1, 0.15) is 0 Å². The molecular weight excluding hydrogens is 252 g/mol. The Morgan fingerprint density at radius 2 is 2.17 bits per heavy atom. The predicted octanol–water partition coefficient (Wildman–Crippen LogP) is 0.617. The highest BCUT2D eigenvalue weighted by atomic mass is 32.2. The van der Waals surface area contributed by atoms with E-state index in [4.69, 9.17) is 5.73 Å². The van der Waals surface area contributed by atoms with Gasteiger partial charge >= 0.3 is 6.03 Å². The molecule has 5 nitrogen and oxygen atoms in total. The molecule has 0 radical (unpaired) electrons. The van der Waals surface area contributed by atoms with Crippen LogP contribution >= 0.6 is 0 Å². The molecule has 0 aliphatic carbocycles. The third kappa shape index (κ3) is 2.81. The van der Waals surface area contributed by atoms with Crippen LogP contribution in [0, 0.1) is 0 Å². The van der Waals surface area contributed by atoms with Crippen LogP contribution in [0.4, 0.5) is 4.79 Å². The highest BCUT2D eigenvalue weighted by molar-refractivity contribution is 7.91. The van der Waals surface area contributed by atoms with Crippen molar-refractivity contribution in [1.29, 1.82) is 0 Å². The molecule has 3 N–H and O–H groups in total. The SMILES string of the molecule is NC(=O)NCCc1ccc2c(c1)CCCS2(=O)=O. The summed E-state index contributed by atoms with van der Waals surface area (Å²) in [5.41, 5.74) is 6.87.